The second kappa shape index (κ2) is 6.25. The first-order valence-corrected chi connectivity index (χ1v) is 7.97. The number of pyridine rings is 1. The highest BCUT2D eigenvalue weighted by Crippen LogP contribution is 2.29. The topological polar surface area (TPSA) is 24.9 Å². The lowest BCUT2D eigenvalue weighted by atomic mass is 9.83. The number of rotatable bonds is 4. The molecule has 2 heteroatoms. The van der Waals surface area contributed by atoms with Gasteiger partial charge in [-0.1, -0.05) is 38.0 Å². The second-order valence-corrected chi connectivity index (χ2v) is 6.04. The van der Waals surface area contributed by atoms with Crippen molar-refractivity contribution in [2.45, 2.75) is 51.5 Å². The van der Waals surface area contributed by atoms with Crippen LogP contribution in [0.3, 0.4) is 0 Å². The number of hydrogen-bond acceptors (Lipinski definition) is 2. The molecule has 0 saturated heterocycles. The van der Waals surface area contributed by atoms with Crippen molar-refractivity contribution in [2.75, 3.05) is 5.32 Å². The van der Waals surface area contributed by atoms with E-state index in [1.165, 1.54) is 43.9 Å². The Kier molecular flexibility index (Phi) is 4.19. The van der Waals surface area contributed by atoms with E-state index in [9.17, 15) is 0 Å². The molecule has 0 bridgehead atoms. The van der Waals surface area contributed by atoms with Crippen molar-refractivity contribution in [3.63, 3.8) is 0 Å². The minimum Gasteiger partial charge on any atom is -0.367 e. The minimum absolute atomic E-state index is 0.608. The summed E-state index contributed by atoms with van der Waals surface area (Å²) in [4.78, 5) is 4.71. The monoisotopic (exact) mass is 268 g/mol. The van der Waals surface area contributed by atoms with Gasteiger partial charge in [-0.05, 0) is 49.8 Å². The summed E-state index contributed by atoms with van der Waals surface area (Å²) in [7, 11) is 0. The lowest BCUT2D eigenvalue weighted by Gasteiger charge is -2.29. The number of anilines is 1. The van der Waals surface area contributed by atoms with Gasteiger partial charge in [-0.3, -0.25) is 0 Å². The predicted molar refractivity (Wildman–Crippen MR) is 86.0 cm³/mol. The van der Waals surface area contributed by atoms with Crippen LogP contribution in [0.2, 0.25) is 0 Å². The summed E-state index contributed by atoms with van der Waals surface area (Å²) in [6.45, 7) is 2.29. The highest BCUT2D eigenvalue weighted by molar-refractivity contribution is 5.80. The van der Waals surface area contributed by atoms with Crippen LogP contribution >= 0.6 is 0 Å². The van der Waals surface area contributed by atoms with Gasteiger partial charge in [-0.2, -0.15) is 0 Å². The van der Waals surface area contributed by atoms with Crippen LogP contribution in [0, 0.1) is 5.92 Å². The molecule has 1 fully saturated rings. The first-order valence-electron chi connectivity index (χ1n) is 7.97. The number of nitrogens with zero attached hydrogens (tertiary/aromatic N) is 1. The molecule has 2 nitrogen and oxygen atoms in total. The maximum absolute atomic E-state index is 4.71. The van der Waals surface area contributed by atoms with Crippen LogP contribution in [0.15, 0.2) is 36.4 Å². The van der Waals surface area contributed by atoms with Gasteiger partial charge in [0.1, 0.15) is 5.82 Å². The third kappa shape index (κ3) is 3.12. The number of nitrogens with one attached hydrogen (secondary N) is 1. The van der Waals surface area contributed by atoms with E-state index in [4.69, 9.17) is 4.98 Å². The van der Waals surface area contributed by atoms with E-state index in [1.54, 1.807) is 0 Å². The van der Waals surface area contributed by atoms with Crippen LogP contribution < -0.4 is 5.32 Å². The van der Waals surface area contributed by atoms with E-state index in [0.29, 0.717) is 6.04 Å². The van der Waals surface area contributed by atoms with Gasteiger partial charge in [-0.25, -0.2) is 4.98 Å². The number of aromatic nitrogens is 1. The Morgan fingerprint density at radius 3 is 2.65 bits per heavy atom. The maximum Gasteiger partial charge on any atom is 0.126 e. The highest BCUT2D eigenvalue weighted by atomic mass is 15.0. The molecular weight excluding hydrogens is 244 g/mol. The van der Waals surface area contributed by atoms with Gasteiger partial charge >= 0.3 is 0 Å². The van der Waals surface area contributed by atoms with Crippen LogP contribution in [0.4, 0.5) is 5.82 Å². The van der Waals surface area contributed by atoms with E-state index in [2.05, 4.69) is 48.6 Å². The zero-order valence-electron chi connectivity index (χ0n) is 12.3. The quantitative estimate of drug-likeness (QED) is 0.843. The summed E-state index contributed by atoms with van der Waals surface area (Å²) in [5.41, 5.74) is 1.08. The molecule has 2 aromatic rings. The molecule has 0 aliphatic heterocycles. The standard InChI is InChI=1S/C18H24N2/c1-2-5-14-8-11-16(12-9-14)19-18-13-10-15-6-3-4-7-17(15)20-18/h3-4,6-7,10,13-14,16H,2,5,8-9,11-12H2,1H3,(H,19,20). The molecule has 0 unspecified atom stereocenters. The molecular formula is C18H24N2. The molecule has 0 radical (unpaired) electrons. The van der Waals surface area contributed by atoms with Crippen molar-refractivity contribution in [1.29, 1.82) is 0 Å². The van der Waals surface area contributed by atoms with Crippen LogP contribution in [0.5, 0.6) is 0 Å². The molecule has 1 aromatic carbocycles. The van der Waals surface area contributed by atoms with Crippen molar-refractivity contribution < 1.29 is 0 Å². The molecule has 1 aliphatic carbocycles. The molecule has 1 N–H and O–H groups in total. The Bertz CT molecular complexity index is 556. The average Bonchev–Trinajstić information content (AvgIpc) is 2.49. The predicted octanol–water partition coefficient (Wildman–Crippen LogP) is 5.01. The minimum atomic E-state index is 0.608. The summed E-state index contributed by atoms with van der Waals surface area (Å²) >= 11 is 0. The van der Waals surface area contributed by atoms with Crippen LogP contribution in [-0.2, 0) is 0 Å². The van der Waals surface area contributed by atoms with Crippen molar-refractivity contribution in [2.24, 2.45) is 5.92 Å². The van der Waals surface area contributed by atoms with Crippen LogP contribution in [-0.4, -0.2) is 11.0 Å². The van der Waals surface area contributed by atoms with E-state index in [-0.39, 0.29) is 0 Å². The fourth-order valence-electron chi connectivity index (χ4n) is 3.36. The van der Waals surface area contributed by atoms with Gasteiger partial charge in [0.25, 0.3) is 0 Å². The van der Waals surface area contributed by atoms with Gasteiger partial charge in [0, 0.05) is 11.4 Å². The largest absolute Gasteiger partial charge is 0.367 e. The average molecular weight is 268 g/mol. The Balaban J connectivity index is 1.62. The van der Waals surface area contributed by atoms with Crippen LogP contribution in [0.25, 0.3) is 10.9 Å². The number of fused-ring (bicyclic) bond motifs is 1. The van der Waals surface area contributed by atoms with Gasteiger partial charge < -0.3 is 5.32 Å². The maximum atomic E-state index is 4.71. The lowest BCUT2D eigenvalue weighted by Crippen LogP contribution is -2.26. The van der Waals surface area contributed by atoms with Crippen molar-refractivity contribution in [1.82, 2.24) is 4.98 Å². The van der Waals surface area contributed by atoms with Gasteiger partial charge in [0.05, 0.1) is 5.52 Å². The first kappa shape index (κ1) is 13.4. The van der Waals surface area contributed by atoms with E-state index in [1.807, 2.05) is 0 Å². The number of hydrogen-bond donors (Lipinski definition) is 1. The SMILES string of the molecule is CCCC1CCC(Nc2ccc3ccccc3n2)CC1. The molecule has 1 aliphatic rings. The van der Waals surface area contributed by atoms with Gasteiger partial charge in [0.2, 0.25) is 0 Å². The first-order chi connectivity index (χ1) is 9.85. The Labute approximate surface area is 121 Å². The molecule has 0 atom stereocenters. The zero-order chi connectivity index (χ0) is 13.8. The molecule has 0 amide bonds. The molecule has 106 valence electrons. The molecule has 1 saturated carbocycles. The summed E-state index contributed by atoms with van der Waals surface area (Å²) in [5.74, 6) is 1.99. The fraction of sp³-hybridized carbons (Fsp3) is 0.500. The van der Waals surface area contributed by atoms with Gasteiger partial charge in [-0.15, -0.1) is 0 Å². The Morgan fingerprint density at radius 2 is 1.85 bits per heavy atom. The highest BCUT2D eigenvalue weighted by Gasteiger charge is 2.20. The fourth-order valence-corrected chi connectivity index (χ4v) is 3.36. The second-order valence-electron chi connectivity index (χ2n) is 6.04. The lowest BCUT2D eigenvalue weighted by molar-refractivity contribution is 0.318. The number of para-hydroxylation sites is 1. The third-order valence-corrected chi connectivity index (χ3v) is 4.49. The Morgan fingerprint density at radius 1 is 1.05 bits per heavy atom. The normalized spacial score (nSPS) is 22.9. The summed E-state index contributed by atoms with van der Waals surface area (Å²) in [5, 5.41) is 4.84. The van der Waals surface area contributed by atoms with E-state index in [0.717, 1.165) is 17.3 Å². The smallest absolute Gasteiger partial charge is 0.126 e. The Hall–Kier alpha value is -1.57. The summed E-state index contributed by atoms with van der Waals surface area (Å²) < 4.78 is 0. The number of benzene rings is 1. The van der Waals surface area contributed by atoms with Crippen molar-refractivity contribution >= 4 is 16.7 Å². The van der Waals surface area contributed by atoms with Crippen molar-refractivity contribution in [3.05, 3.63) is 36.4 Å². The van der Waals surface area contributed by atoms with Crippen LogP contribution in [0.1, 0.15) is 45.4 Å². The molecule has 3 rings (SSSR count). The van der Waals surface area contributed by atoms with Crippen molar-refractivity contribution in [3.8, 4) is 0 Å². The molecule has 1 heterocycles. The summed E-state index contributed by atoms with van der Waals surface area (Å²) in [6.07, 6.45) is 8.06. The molecule has 1 aromatic heterocycles. The summed E-state index contributed by atoms with van der Waals surface area (Å²) in [6, 6.07) is 13.2. The molecule has 0 spiro atoms. The van der Waals surface area contributed by atoms with E-state index >= 15 is 0 Å². The van der Waals surface area contributed by atoms with E-state index < -0.39 is 0 Å². The zero-order valence-corrected chi connectivity index (χ0v) is 12.3. The third-order valence-electron chi connectivity index (χ3n) is 4.49. The molecule has 20 heavy (non-hydrogen) atoms. The van der Waals surface area contributed by atoms with Gasteiger partial charge in [0.15, 0.2) is 0 Å².